The van der Waals surface area contributed by atoms with Gasteiger partial charge in [-0.3, -0.25) is 9.59 Å². The Labute approximate surface area is 84.6 Å². The lowest BCUT2D eigenvalue weighted by Crippen LogP contribution is -2.19. The Bertz CT molecular complexity index is 180. The summed E-state index contributed by atoms with van der Waals surface area (Å²) in [5.41, 5.74) is 0. The highest BCUT2D eigenvalue weighted by Crippen LogP contribution is 2.20. The minimum absolute atomic E-state index is 0.00472. The molecule has 0 aromatic rings. The largest absolute Gasteiger partial charge is 0.469 e. The average molecular weight is 202 g/mol. The number of rotatable bonds is 5. The first-order chi connectivity index (χ1) is 6.51. The zero-order valence-corrected chi connectivity index (χ0v) is 9.20. The van der Waals surface area contributed by atoms with Gasteiger partial charge in [-0.1, -0.05) is 13.8 Å². The second-order valence-corrected chi connectivity index (χ2v) is 3.56. The molecule has 0 radical (unpaired) electrons. The lowest BCUT2D eigenvalue weighted by molar-refractivity contribution is -0.145. The van der Waals surface area contributed by atoms with E-state index in [-0.39, 0.29) is 36.6 Å². The molecule has 0 aliphatic heterocycles. The van der Waals surface area contributed by atoms with Crippen molar-refractivity contribution in [3.63, 3.8) is 0 Å². The minimum Gasteiger partial charge on any atom is -0.469 e. The molecule has 0 N–H and O–H groups in total. The van der Waals surface area contributed by atoms with E-state index in [2.05, 4.69) is 9.47 Å². The molecule has 0 aliphatic rings. The first-order valence-electron chi connectivity index (χ1n) is 4.64. The predicted octanol–water partition coefficient (Wildman–Crippen LogP) is 1.38. The van der Waals surface area contributed by atoms with Gasteiger partial charge >= 0.3 is 11.9 Å². The number of ether oxygens (including phenoxy) is 2. The number of hydrogen-bond acceptors (Lipinski definition) is 4. The van der Waals surface area contributed by atoms with Gasteiger partial charge in [0, 0.05) is 12.8 Å². The molecule has 0 aromatic carbocycles. The van der Waals surface area contributed by atoms with E-state index in [1.807, 2.05) is 13.8 Å². The van der Waals surface area contributed by atoms with Gasteiger partial charge in [0.2, 0.25) is 0 Å². The van der Waals surface area contributed by atoms with Gasteiger partial charge in [-0.15, -0.1) is 0 Å². The summed E-state index contributed by atoms with van der Waals surface area (Å²) >= 11 is 0. The van der Waals surface area contributed by atoms with Crippen LogP contribution in [-0.2, 0) is 19.1 Å². The van der Waals surface area contributed by atoms with E-state index in [4.69, 9.17) is 0 Å². The molecule has 4 heteroatoms. The second-order valence-electron chi connectivity index (χ2n) is 3.56. The number of methoxy groups -OCH3 is 2. The molecule has 82 valence electrons. The van der Waals surface area contributed by atoms with Gasteiger partial charge in [0.1, 0.15) is 0 Å². The normalized spacial score (nSPS) is 10.4. The van der Waals surface area contributed by atoms with Crippen molar-refractivity contribution in [3.05, 3.63) is 0 Å². The summed E-state index contributed by atoms with van der Waals surface area (Å²) in [6.45, 7) is 3.94. The molecule has 0 aliphatic carbocycles. The molecule has 0 amide bonds. The molecule has 0 rings (SSSR count). The van der Waals surface area contributed by atoms with Crippen LogP contribution >= 0.6 is 0 Å². The standard InChI is InChI=1S/C10H18O4/c1-7(2)8(5-9(11)13-3)6-10(12)14-4/h7-8H,5-6H2,1-4H3. The van der Waals surface area contributed by atoms with Crippen LogP contribution in [0.2, 0.25) is 0 Å². The third-order valence-electron chi connectivity index (χ3n) is 2.26. The van der Waals surface area contributed by atoms with E-state index >= 15 is 0 Å². The molecule has 0 aromatic heterocycles. The number of carbonyl (C=O) groups excluding carboxylic acids is 2. The van der Waals surface area contributed by atoms with E-state index in [1.165, 1.54) is 14.2 Å². The van der Waals surface area contributed by atoms with Gasteiger partial charge in [-0.25, -0.2) is 0 Å². The minimum atomic E-state index is -0.285. The molecule has 0 bridgehead atoms. The Balaban J connectivity index is 4.16. The van der Waals surface area contributed by atoms with E-state index in [0.29, 0.717) is 0 Å². The fourth-order valence-corrected chi connectivity index (χ4v) is 1.14. The van der Waals surface area contributed by atoms with Crippen LogP contribution in [0.15, 0.2) is 0 Å². The summed E-state index contributed by atoms with van der Waals surface area (Å²) < 4.78 is 9.11. The number of esters is 2. The highest BCUT2D eigenvalue weighted by Gasteiger charge is 2.21. The van der Waals surface area contributed by atoms with Gasteiger partial charge in [0.15, 0.2) is 0 Å². The predicted molar refractivity (Wildman–Crippen MR) is 51.6 cm³/mol. The number of hydrogen-bond donors (Lipinski definition) is 0. The lowest BCUT2D eigenvalue weighted by Gasteiger charge is -2.17. The van der Waals surface area contributed by atoms with Crippen LogP contribution in [0, 0.1) is 11.8 Å². The Hall–Kier alpha value is -1.06. The van der Waals surface area contributed by atoms with E-state index in [0.717, 1.165) is 0 Å². The summed E-state index contributed by atoms with van der Waals surface area (Å²) in [5, 5.41) is 0. The van der Waals surface area contributed by atoms with Crippen molar-refractivity contribution in [2.24, 2.45) is 11.8 Å². The van der Waals surface area contributed by atoms with Crippen molar-refractivity contribution in [2.75, 3.05) is 14.2 Å². The summed E-state index contributed by atoms with van der Waals surface area (Å²) in [7, 11) is 2.69. The molecule has 14 heavy (non-hydrogen) atoms. The SMILES string of the molecule is COC(=O)CC(CC(=O)OC)C(C)C. The van der Waals surface area contributed by atoms with Crippen molar-refractivity contribution in [1.82, 2.24) is 0 Å². The first kappa shape index (κ1) is 12.9. The van der Waals surface area contributed by atoms with Crippen molar-refractivity contribution in [2.45, 2.75) is 26.7 Å². The van der Waals surface area contributed by atoms with Crippen molar-refractivity contribution in [3.8, 4) is 0 Å². The fraction of sp³-hybridized carbons (Fsp3) is 0.800. The topological polar surface area (TPSA) is 52.6 Å². The van der Waals surface area contributed by atoms with Crippen LogP contribution in [0.5, 0.6) is 0 Å². The maximum atomic E-state index is 11.0. The second kappa shape index (κ2) is 6.40. The fourth-order valence-electron chi connectivity index (χ4n) is 1.14. The molecule has 0 spiro atoms. The molecule has 0 saturated heterocycles. The summed E-state index contributed by atoms with van der Waals surface area (Å²) in [4.78, 5) is 22.0. The quantitative estimate of drug-likeness (QED) is 0.632. The van der Waals surface area contributed by atoms with Crippen molar-refractivity contribution in [1.29, 1.82) is 0 Å². The smallest absolute Gasteiger partial charge is 0.305 e. The summed E-state index contributed by atoms with van der Waals surface area (Å²) in [5.74, 6) is -0.316. The third kappa shape index (κ3) is 4.84. The zero-order valence-electron chi connectivity index (χ0n) is 9.20. The van der Waals surface area contributed by atoms with Crippen LogP contribution in [-0.4, -0.2) is 26.2 Å². The summed E-state index contributed by atoms with van der Waals surface area (Å²) in [6.07, 6.45) is 0.534. The molecule has 0 unspecified atom stereocenters. The van der Waals surface area contributed by atoms with E-state index in [9.17, 15) is 9.59 Å². The first-order valence-corrected chi connectivity index (χ1v) is 4.64. The Morgan fingerprint density at radius 3 is 1.57 bits per heavy atom. The maximum Gasteiger partial charge on any atom is 0.305 e. The van der Waals surface area contributed by atoms with Gasteiger partial charge in [0.05, 0.1) is 14.2 Å². The lowest BCUT2D eigenvalue weighted by atomic mass is 9.89. The van der Waals surface area contributed by atoms with Gasteiger partial charge in [-0.2, -0.15) is 0 Å². The maximum absolute atomic E-state index is 11.0. The number of carbonyl (C=O) groups is 2. The van der Waals surface area contributed by atoms with E-state index < -0.39 is 0 Å². The molecule has 4 nitrogen and oxygen atoms in total. The third-order valence-corrected chi connectivity index (χ3v) is 2.26. The van der Waals surface area contributed by atoms with Crippen LogP contribution < -0.4 is 0 Å². The Kier molecular flexibility index (Phi) is 5.92. The molecule has 0 fully saturated rings. The molecule has 0 saturated carbocycles. The molecular formula is C10H18O4. The van der Waals surface area contributed by atoms with Crippen LogP contribution in [0.4, 0.5) is 0 Å². The van der Waals surface area contributed by atoms with Gasteiger partial charge < -0.3 is 9.47 Å². The van der Waals surface area contributed by atoms with E-state index in [1.54, 1.807) is 0 Å². The Morgan fingerprint density at radius 2 is 1.36 bits per heavy atom. The van der Waals surface area contributed by atoms with Gasteiger partial charge in [-0.05, 0) is 11.8 Å². The van der Waals surface area contributed by atoms with Crippen LogP contribution in [0.1, 0.15) is 26.7 Å². The average Bonchev–Trinajstić information content (AvgIpc) is 2.16. The highest BCUT2D eigenvalue weighted by molar-refractivity contribution is 5.73. The monoisotopic (exact) mass is 202 g/mol. The van der Waals surface area contributed by atoms with Gasteiger partial charge in [0.25, 0.3) is 0 Å². The van der Waals surface area contributed by atoms with Crippen LogP contribution in [0.3, 0.4) is 0 Å². The molecule has 0 heterocycles. The summed E-state index contributed by atoms with van der Waals surface area (Å²) in [6, 6.07) is 0. The van der Waals surface area contributed by atoms with Crippen molar-refractivity contribution < 1.29 is 19.1 Å². The highest BCUT2D eigenvalue weighted by atomic mass is 16.5. The molecule has 0 atom stereocenters. The molecular weight excluding hydrogens is 184 g/mol. The van der Waals surface area contributed by atoms with Crippen LogP contribution in [0.25, 0.3) is 0 Å². The zero-order chi connectivity index (χ0) is 11.1. The Morgan fingerprint density at radius 1 is 1.00 bits per heavy atom. The van der Waals surface area contributed by atoms with Crippen molar-refractivity contribution >= 4 is 11.9 Å².